The minimum atomic E-state index is -0.718. The SMILES string of the molecule is Cc1c(C(C)NC(=O)C2COc3ccccc3O2)cnn1-c1ccc(F)cc1. The van der Waals surface area contributed by atoms with Gasteiger partial charge in [0.2, 0.25) is 6.10 Å². The number of fused-ring (bicyclic) bond motifs is 1. The summed E-state index contributed by atoms with van der Waals surface area (Å²) in [6.45, 7) is 3.95. The Morgan fingerprint density at radius 2 is 1.93 bits per heavy atom. The second kappa shape index (κ2) is 7.34. The maximum atomic E-state index is 13.2. The van der Waals surface area contributed by atoms with E-state index in [4.69, 9.17) is 9.47 Å². The lowest BCUT2D eigenvalue weighted by atomic mass is 10.1. The van der Waals surface area contributed by atoms with Crippen molar-refractivity contribution in [1.29, 1.82) is 0 Å². The van der Waals surface area contributed by atoms with E-state index in [-0.39, 0.29) is 24.4 Å². The number of hydrogen-bond acceptors (Lipinski definition) is 4. The monoisotopic (exact) mass is 381 g/mol. The van der Waals surface area contributed by atoms with E-state index in [9.17, 15) is 9.18 Å². The van der Waals surface area contributed by atoms with Gasteiger partial charge in [-0.15, -0.1) is 0 Å². The zero-order valence-electron chi connectivity index (χ0n) is 15.6. The van der Waals surface area contributed by atoms with Crippen LogP contribution in [0.2, 0.25) is 0 Å². The van der Waals surface area contributed by atoms with Crippen molar-refractivity contribution in [2.45, 2.75) is 26.0 Å². The van der Waals surface area contributed by atoms with Crippen molar-refractivity contribution in [3.63, 3.8) is 0 Å². The van der Waals surface area contributed by atoms with Gasteiger partial charge in [0.05, 0.1) is 17.9 Å². The number of amides is 1. The predicted octanol–water partition coefficient (Wildman–Crippen LogP) is 3.34. The molecule has 2 atom stereocenters. The van der Waals surface area contributed by atoms with E-state index in [1.165, 1.54) is 12.1 Å². The maximum absolute atomic E-state index is 13.2. The molecule has 1 N–H and O–H groups in total. The van der Waals surface area contributed by atoms with Crippen LogP contribution in [0.15, 0.2) is 54.7 Å². The molecule has 4 rings (SSSR count). The van der Waals surface area contributed by atoms with Crippen molar-refractivity contribution >= 4 is 5.91 Å². The Kier molecular flexibility index (Phi) is 4.73. The lowest BCUT2D eigenvalue weighted by molar-refractivity contribution is -0.131. The van der Waals surface area contributed by atoms with Crippen molar-refractivity contribution in [1.82, 2.24) is 15.1 Å². The van der Waals surface area contributed by atoms with Crippen molar-refractivity contribution in [2.24, 2.45) is 0 Å². The van der Waals surface area contributed by atoms with Crippen LogP contribution in [-0.2, 0) is 4.79 Å². The van der Waals surface area contributed by atoms with Crippen molar-refractivity contribution in [3.05, 3.63) is 71.8 Å². The standard InChI is InChI=1S/C21H20FN3O3/c1-13(17-11-23-25(14(17)2)16-9-7-15(22)8-10-16)24-21(26)20-12-27-18-5-3-4-6-19(18)28-20/h3-11,13,20H,12H2,1-2H3,(H,24,26). The van der Waals surface area contributed by atoms with Crippen molar-refractivity contribution < 1.29 is 18.7 Å². The van der Waals surface area contributed by atoms with E-state index in [0.717, 1.165) is 16.9 Å². The molecule has 1 aliphatic heterocycles. The fourth-order valence-corrected chi connectivity index (χ4v) is 3.22. The third-order valence-corrected chi connectivity index (χ3v) is 4.75. The number of nitrogens with zero attached hydrogens (tertiary/aromatic N) is 2. The summed E-state index contributed by atoms with van der Waals surface area (Å²) in [5.41, 5.74) is 2.49. The summed E-state index contributed by atoms with van der Waals surface area (Å²) in [6.07, 6.45) is 0.988. The van der Waals surface area contributed by atoms with Gasteiger partial charge in [-0.05, 0) is 50.2 Å². The maximum Gasteiger partial charge on any atom is 0.265 e. The number of carbonyl (C=O) groups excluding carboxylic acids is 1. The molecule has 0 spiro atoms. The van der Waals surface area contributed by atoms with Gasteiger partial charge in [-0.25, -0.2) is 9.07 Å². The highest BCUT2D eigenvalue weighted by Crippen LogP contribution is 2.31. The van der Waals surface area contributed by atoms with Crippen LogP contribution in [0.5, 0.6) is 11.5 Å². The Bertz CT molecular complexity index is 1000. The van der Waals surface area contributed by atoms with Gasteiger partial charge in [-0.3, -0.25) is 4.79 Å². The van der Waals surface area contributed by atoms with Crippen LogP contribution in [0.4, 0.5) is 4.39 Å². The molecule has 0 bridgehead atoms. The lowest BCUT2D eigenvalue weighted by Crippen LogP contribution is -2.44. The van der Waals surface area contributed by atoms with Gasteiger partial charge in [-0.2, -0.15) is 5.10 Å². The van der Waals surface area contributed by atoms with Gasteiger partial charge in [0, 0.05) is 11.3 Å². The van der Waals surface area contributed by atoms with Gasteiger partial charge in [0.15, 0.2) is 11.5 Å². The number of benzene rings is 2. The number of rotatable bonds is 4. The minimum absolute atomic E-state index is 0.156. The highest BCUT2D eigenvalue weighted by molar-refractivity contribution is 5.82. The number of para-hydroxylation sites is 2. The Hall–Kier alpha value is -3.35. The number of ether oxygens (including phenoxy) is 2. The molecular weight excluding hydrogens is 361 g/mol. The Labute approximate surface area is 161 Å². The van der Waals surface area contributed by atoms with Crippen LogP contribution in [0.1, 0.15) is 24.2 Å². The molecule has 1 amide bonds. The molecule has 7 heteroatoms. The van der Waals surface area contributed by atoms with Gasteiger partial charge in [0.25, 0.3) is 5.91 Å². The van der Waals surface area contributed by atoms with Crippen molar-refractivity contribution in [3.8, 4) is 17.2 Å². The molecule has 0 saturated carbocycles. The van der Waals surface area contributed by atoms with Crippen LogP contribution in [0.25, 0.3) is 5.69 Å². The molecule has 6 nitrogen and oxygen atoms in total. The average molecular weight is 381 g/mol. The molecule has 2 aromatic carbocycles. The molecule has 2 heterocycles. The first-order valence-corrected chi connectivity index (χ1v) is 9.02. The topological polar surface area (TPSA) is 65.4 Å². The summed E-state index contributed by atoms with van der Waals surface area (Å²) in [7, 11) is 0. The summed E-state index contributed by atoms with van der Waals surface area (Å²) in [4.78, 5) is 12.6. The molecule has 144 valence electrons. The first kappa shape index (κ1) is 18.0. The zero-order valence-corrected chi connectivity index (χ0v) is 15.6. The summed E-state index contributed by atoms with van der Waals surface area (Å²) < 4.78 is 26.2. The highest BCUT2D eigenvalue weighted by Gasteiger charge is 2.29. The van der Waals surface area contributed by atoms with E-state index in [2.05, 4.69) is 10.4 Å². The minimum Gasteiger partial charge on any atom is -0.485 e. The first-order chi connectivity index (χ1) is 13.5. The number of aromatic nitrogens is 2. The van der Waals surface area contributed by atoms with Crippen LogP contribution < -0.4 is 14.8 Å². The molecular formula is C21H20FN3O3. The Morgan fingerprint density at radius 1 is 1.21 bits per heavy atom. The molecule has 1 aromatic heterocycles. The van der Waals surface area contributed by atoms with Crippen LogP contribution in [0, 0.1) is 12.7 Å². The first-order valence-electron chi connectivity index (χ1n) is 9.02. The summed E-state index contributed by atoms with van der Waals surface area (Å²) >= 11 is 0. The molecule has 0 radical (unpaired) electrons. The van der Waals surface area contributed by atoms with Gasteiger partial charge in [0.1, 0.15) is 12.4 Å². The summed E-state index contributed by atoms with van der Waals surface area (Å²) in [6, 6.07) is 13.1. The Morgan fingerprint density at radius 3 is 2.68 bits per heavy atom. The van der Waals surface area contributed by atoms with Gasteiger partial charge < -0.3 is 14.8 Å². The second-order valence-electron chi connectivity index (χ2n) is 6.67. The van der Waals surface area contributed by atoms with Gasteiger partial charge >= 0.3 is 0 Å². The van der Waals surface area contributed by atoms with E-state index in [1.807, 2.05) is 26.0 Å². The second-order valence-corrected chi connectivity index (χ2v) is 6.67. The summed E-state index contributed by atoms with van der Waals surface area (Å²) in [5, 5.41) is 7.33. The quantitative estimate of drug-likeness (QED) is 0.753. The zero-order chi connectivity index (χ0) is 19.7. The molecule has 0 saturated heterocycles. The Balaban J connectivity index is 1.46. The van der Waals surface area contributed by atoms with Crippen LogP contribution in [-0.4, -0.2) is 28.4 Å². The smallest absolute Gasteiger partial charge is 0.265 e. The largest absolute Gasteiger partial charge is 0.485 e. The molecule has 28 heavy (non-hydrogen) atoms. The lowest BCUT2D eigenvalue weighted by Gasteiger charge is -2.26. The molecule has 3 aromatic rings. The summed E-state index contributed by atoms with van der Waals surface area (Å²) in [5.74, 6) is 0.638. The number of nitrogens with one attached hydrogen (secondary N) is 1. The average Bonchev–Trinajstić information content (AvgIpc) is 3.09. The van der Waals surface area contributed by atoms with E-state index in [1.54, 1.807) is 35.1 Å². The number of carbonyl (C=O) groups is 1. The van der Waals surface area contributed by atoms with E-state index < -0.39 is 6.10 Å². The number of halogens is 1. The van der Waals surface area contributed by atoms with Crippen LogP contribution >= 0.6 is 0 Å². The molecule has 0 fully saturated rings. The third-order valence-electron chi connectivity index (χ3n) is 4.75. The highest BCUT2D eigenvalue weighted by atomic mass is 19.1. The predicted molar refractivity (Wildman–Crippen MR) is 101 cm³/mol. The third kappa shape index (κ3) is 3.43. The van der Waals surface area contributed by atoms with E-state index >= 15 is 0 Å². The molecule has 2 unspecified atom stereocenters. The fraction of sp³-hybridized carbons (Fsp3) is 0.238. The van der Waals surface area contributed by atoms with Crippen LogP contribution in [0.3, 0.4) is 0 Å². The fourth-order valence-electron chi connectivity index (χ4n) is 3.22. The van der Waals surface area contributed by atoms with E-state index in [0.29, 0.717) is 11.5 Å². The van der Waals surface area contributed by atoms with Crippen molar-refractivity contribution in [2.75, 3.05) is 6.61 Å². The van der Waals surface area contributed by atoms with Gasteiger partial charge in [-0.1, -0.05) is 12.1 Å². The normalized spacial score (nSPS) is 16.5. The number of hydrogen-bond donors (Lipinski definition) is 1. The molecule has 1 aliphatic rings. The molecule has 0 aliphatic carbocycles.